The molecular weight excluding hydrogens is 196 g/mol. The van der Waals surface area contributed by atoms with E-state index < -0.39 is 0 Å². The van der Waals surface area contributed by atoms with E-state index in [1.54, 1.807) is 0 Å². The summed E-state index contributed by atoms with van der Waals surface area (Å²) >= 11 is 5.81. The number of benzene rings is 1. The lowest BCUT2D eigenvalue weighted by Crippen LogP contribution is -2.34. The van der Waals surface area contributed by atoms with Crippen molar-refractivity contribution in [2.75, 3.05) is 6.54 Å². The summed E-state index contributed by atoms with van der Waals surface area (Å²) in [5.41, 5.74) is 6.77. The smallest absolute Gasteiger partial charge is 0.0406 e. The van der Waals surface area contributed by atoms with Gasteiger partial charge in [0.1, 0.15) is 0 Å². The number of rotatable bonds is 4. The molecule has 0 bridgehead atoms. The van der Waals surface area contributed by atoms with Gasteiger partial charge in [-0.15, -0.1) is 0 Å². The minimum Gasteiger partial charge on any atom is -0.329 e. The zero-order valence-corrected chi connectivity index (χ0v) is 9.38. The predicted octanol–water partition coefficient (Wildman–Crippen LogP) is 2.34. The van der Waals surface area contributed by atoms with Crippen molar-refractivity contribution in [3.8, 4) is 0 Å². The predicted molar refractivity (Wildman–Crippen MR) is 61.5 cm³/mol. The molecule has 0 aliphatic heterocycles. The van der Waals surface area contributed by atoms with E-state index >= 15 is 0 Å². The van der Waals surface area contributed by atoms with Gasteiger partial charge in [0.25, 0.3) is 0 Å². The highest BCUT2D eigenvalue weighted by Crippen LogP contribution is 2.16. The molecule has 3 heteroatoms. The van der Waals surface area contributed by atoms with Crippen molar-refractivity contribution in [1.29, 1.82) is 0 Å². The van der Waals surface area contributed by atoms with Crippen molar-refractivity contribution in [1.82, 2.24) is 5.32 Å². The average Bonchev–Trinajstić information content (AvgIpc) is 2.18. The lowest BCUT2D eigenvalue weighted by Gasteiger charge is -2.18. The molecule has 0 aliphatic carbocycles. The van der Waals surface area contributed by atoms with Crippen molar-refractivity contribution in [3.05, 3.63) is 34.9 Å². The highest BCUT2D eigenvalue weighted by molar-refractivity contribution is 6.30. The van der Waals surface area contributed by atoms with E-state index in [-0.39, 0.29) is 0 Å². The van der Waals surface area contributed by atoms with Crippen LogP contribution in [0.1, 0.15) is 25.5 Å². The van der Waals surface area contributed by atoms with Crippen molar-refractivity contribution in [2.45, 2.75) is 25.9 Å². The zero-order valence-electron chi connectivity index (χ0n) is 8.63. The topological polar surface area (TPSA) is 38.0 Å². The van der Waals surface area contributed by atoms with Crippen molar-refractivity contribution in [3.63, 3.8) is 0 Å². The molecule has 1 rings (SSSR count). The molecular formula is C11H17ClN2. The summed E-state index contributed by atoms with van der Waals surface area (Å²) in [6.07, 6.45) is 0. The fourth-order valence-electron chi connectivity index (χ4n) is 1.34. The highest BCUT2D eigenvalue weighted by atomic mass is 35.5. The second-order valence-electron chi connectivity index (χ2n) is 3.58. The van der Waals surface area contributed by atoms with E-state index in [4.69, 9.17) is 17.3 Å². The minimum absolute atomic E-state index is 0.311. The van der Waals surface area contributed by atoms with Crippen LogP contribution in [0.3, 0.4) is 0 Å². The van der Waals surface area contributed by atoms with Crippen LogP contribution in [-0.2, 0) is 0 Å². The van der Waals surface area contributed by atoms with Gasteiger partial charge in [0.15, 0.2) is 0 Å². The van der Waals surface area contributed by atoms with Crippen LogP contribution < -0.4 is 11.1 Å². The lowest BCUT2D eigenvalue weighted by molar-refractivity contribution is 0.485. The van der Waals surface area contributed by atoms with E-state index in [0.717, 1.165) is 5.02 Å². The third kappa shape index (κ3) is 3.29. The first-order chi connectivity index (χ1) is 6.63. The number of halogens is 1. The van der Waals surface area contributed by atoms with Gasteiger partial charge in [-0.1, -0.05) is 23.7 Å². The van der Waals surface area contributed by atoms with Crippen molar-refractivity contribution in [2.24, 2.45) is 5.73 Å². The van der Waals surface area contributed by atoms with Crippen molar-refractivity contribution >= 4 is 11.6 Å². The summed E-state index contributed by atoms with van der Waals surface area (Å²) in [5.74, 6) is 0. The maximum absolute atomic E-state index is 5.81. The second kappa shape index (κ2) is 5.35. The van der Waals surface area contributed by atoms with Gasteiger partial charge in [-0.05, 0) is 31.5 Å². The van der Waals surface area contributed by atoms with Crippen LogP contribution in [0.4, 0.5) is 0 Å². The third-order valence-electron chi connectivity index (χ3n) is 2.26. The first-order valence-corrected chi connectivity index (χ1v) is 5.23. The van der Waals surface area contributed by atoms with E-state index in [1.165, 1.54) is 5.56 Å². The lowest BCUT2D eigenvalue weighted by atomic mass is 10.1. The molecule has 14 heavy (non-hydrogen) atoms. The Balaban J connectivity index is 2.60. The quantitative estimate of drug-likeness (QED) is 0.804. The fraction of sp³-hybridized carbons (Fsp3) is 0.455. The average molecular weight is 213 g/mol. The van der Waals surface area contributed by atoms with E-state index in [2.05, 4.69) is 19.2 Å². The van der Waals surface area contributed by atoms with Gasteiger partial charge in [0, 0.05) is 23.7 Å². The van der Waals surface area contributed by atoms with Crippen LogP contribution in [0.25, 0.3) is 0 Å². The molecule has 0 fully saturated rings. The molecule has 0 aliphatic rings. The Labute approximate surface area is 90.4 Å². The second-order valence-corrected chi connectivity index (χ2v) is 4.01. The first-order valence-electron chi connectivity index (χ1n) is 4.85. The normalized spacial score (nSPS) is 15.1. The van der Waals surface area contributed by atoms with Crippen molar-refractivity contribution < 1.29 is 0 Å². The molecule has 0 saturated heterocycles. The maximum atomic E-state index is 5.81. The molecule has 0 radical (unpaired) electrons. The number of hydrogen-bond acceptors (Lipinski definition) is 2. The molecule has 3 N–H and O–H groups in total. The van der Waals surface area contributed by atoms with Crippen LogP contribution >= 0.6 is 11.6 Å². The Hall–Kier alpha value is -0.570. The summed E-state index contributed by atoms with van der Waals surface area (Å²) in [4.78, 5) is 0. The summed E-state index contributed by atoms with van der Waals surface area (Å²) in [5, 5.41) is 4.17. The Bertz CT molecular complexity index is 271. The van der Waals surface area contributed by atoms with E-state index in [0.29, 0.717) is 18.6 Å². The van der Waals surface area contributed by atoms with Crippen LogP contribution in [-0.4, -0.2) is 12.6 Å². The highest BCUT2D eigenvalue weighted by Gasteiger charge is 2.07. The Morgan fingerprint density at radius 1 is 1.29 bits per heavy atom. The third-order valence-corrected chi connectivity index (χ3v) is 2.51. The van der Waals surface area contributed by atoms with Gasteiger partial charge >= 0.3 is 0 Å². The first kappa shape index (κ1) is 11.5. The van der Waals surface area contributed by atoms with Gasteiger partial charge in [0.2, 0.25) is 0 Å². The van der Waals surface area contributed by atoms with Gasteiger partial charge < -0.3 is 11.1 Å². The van der Waals surface area contributed by atoms with Gasteiger partial charge in [-0.3, -0.25) is 0 Å². The Kier molecular flexibility index (Phi) is 4.39. The molecule has 2 unspecified atom stereocenters. The molecule has 1 aromatic carbocycles. The van der Waals surface area contributed by atoms with Gasteiger partial charge in [-0.25, -0.2) is 0 Å². The van der Waals surface area contributed by atoms with E-state index in [9.17, 15) is 0 Å². The standard InChI is InChI=1S/C11H17ClN2/c1-8(7-13)14-9(2)10-3-5-11(12)6-4-10/h3-6,8-9,14H,7,13H2,1-2H3. The maximum Gasteiger partial charge on any atom is 0.0406 e. The molecule has 2 atom stereocenters. The van der Waals surface area contributed by atoms with Crippen LogP contribution in [0, 0.1) is 0 Å². The SMILES string of the molecule is CC(CN)NC(C)c1ccc(Cl)cc1. The Morgan fingerprint density at radius 2 is 1.86 bits per heavy atom. The fourth-order valence-corrected chi connectivity index (χ4v) is 1.47. The number of nitrogens with two attached hydrogens (primary N) is 1. The van der Waals surface area contributed by atoms with E-state index in [1.807, 2.05) is 24.3 Å². The summed E-state index contributed by atoms with van der Waals surface area (Å²) in [7, 11) is 0. The van der Waals surface area contributed by atoms with Gasteiger partial charge in [-0.2, -0.15) is 0 Å². The largest absolute Gasteiger partial charge is 0.329 e. The molecule has 78 valence electrons. The van der Waals surface area contributed by atoms with Crippen LogP contribution in [0.5, 0.6) is 0 Å². The van der Waals surface area contributed by atoms with Gasteiger partial charge in [0.05, 0.1) is 0 Å². The molecule has 1 aromatic rings. The number of hydrogen-bond donors (Lipinski definition) is 2. The van der Waals surface area contributed by atoms with Crippen LogP contribution in [0.15, 0.2) is 24.3 Å². The molecule has 0 amide bonds. The molecule has 2 nitrogen and oxygen atoms in total. The summed E-state index contributed by atoms with van der Waals surface area (Å²) in [6, 6.07) is 8.52. The molecule has 0 spiro atoms. The molecule has 0 heterocycles. The number of nitrogens with one attached hydrogen (secondary N) is 1. The Morgan fingerprint density at radius 3 is 2.36 bits per heavy atom. The molecule has 0 aromatic heterocycles. The zero-order chi connectivity index (χ0) is 10.6. The summed E-state index contributed by atoms with van der Waals surface area (Å²) in [6.45, 7) is 4.85. The molecule has 0 saturated carbocycles. The van der Waals surface area contributed by atoms with Crippen LogP contribution in [0.2, 0.25) is 5.02 Å². The minimum atomic E-state index is 0.311. The summed E-state index contributed by atoms with van der Waals surface area (Å²) < 4.78 is 0. The monoisotopic (exact) mass is 212 g/mol.